The summed E-state index contributed by atoms with van der Waals surface area (Å²) in [6.45, 7) is 6.54. The average molecular weight is 990 g/mol. The summed E-state index contributed by atoms with van der Waals surface area (Å²) < 4.78 is 16.8. The molecule has 1 atom stereocenters. The second-order valence-electron chi connectivity index (χ2n) is 19.9. The van der Waals surface area contributed by atoms with E-state index in [0.717, 1.165) is 77.0 Å². The quantitative estimate of drug-likeness (QED) is 0.0261. The van der Waals surface area contributed by atoms with E-state index in [2.05, 4.69) is 99.8 Å². The number of hydrogen-bond donors (Lipinski definition) is 0. The van der Waals surface area contributed by atoms with Gasteiger partial charge in [0.15, 0.2) is 6.10 Å². The summed E-state index contributed by atoms with van der Waals surface area (Å²) in [6.07, 6.45) is 77.3. The first-order valence-electron chi connectivity index (χ1n) is 30.1. The van der Waals surface area contributed by atoms with Gasteiger partial charge in [0.05, 0.1) is 0 Å². The monoisotopic (exact) mass is 989 g/mol. The van der Waals surface area contributed by atoms with Gasteiger partial charge >= 0.3 is 17.9 Å². The number of ether oxygens (including phenoxy) is 3. The lowest BCUT2D eigenvalue weighted by atomic mass is 10.0. The molecule has 0 N–H and O–H groups in total. The third-order valence-electron chi connectivity index (χ3n) is 12.9. The van der Waals surface area contributed by atoms with Gasteiger partial charge in [-0.2, -0.15) is 0 Å². The van der Waals surface area contributed by atoms with Crippen LogP contribution in [-0.2, 0) is 28.6 Å². The number of rotatable bonds is 54. The minimum absolute atomic E-state index is 0.103. The van der Waals surface area contributed by atoms with Gasteiger partial charge in [-0.3, -0.25) is 14.4 Å². The molecule has 0 rings (SSSR count). The van der Waals surface area contributed by atoms with Gasteiger partial charge in [-0.15, -0.1) is 0 Å². The first kappa shape index (κ1) is 67.6. The van der Waals surface area contributed by atoms with Crippen molar-refractivity contribution in [1.82, 2.24) is 0 Å². The summed E-state index contributed by atoms with van der Waals surface area (Å²) in [7, 11) is 0. The van der Waals surface area contributed by atoms with Gasteiger partial charge in [0.25, 0.3) is 0 Å². The largest absolute Gasteiger partial charge is 0.462 e. The maximum Gasteiger partial charge on any atom is 0.306 e. The Morgan fingerprint density at radius 3 is 0.930 bits per heavy atom. The van der Waals surface area contributed by atoms with Crippen LogP contribution in [0.1, 0.15) is 290 Å². The predicted molar refractivity (Wildman–Crippen MR) is 307 cm³/mol. The molecule has 0 aromatic rings. The van der Waals surface area contributed by atoms with Gasteiger partial charge in [-0.1, -0.05) is 247 Å². The van der Waals surface area contributed by atoms with Crippen LogP contribution in [0.4, 0.5) is 0 Å². The summed E-state index contributed by atoms with van der Waals surface area (Å²) in [4.78, 5) is 38.2. The predicted octanol–water partition coefficient (Wildman–Crippen LogP) is 20.3. The molecule has 0 amide bonds. The zero-order chi connectivity index (χ0) is 51.4. The minimum atomic E-state index is -0.811. The van der Waals surface area contributed by atoms with Crippen LogP contribution in [0, 0.1) is 0 Å². The number of allylic oxidation sites excluding steroid dienone is 14. The highest BCUT2D eigenvalue weighted by Crippen LogP contribution is 2.15. The Kier molecular flexibility index (Phi) is 56.3. The fraction of sp³-hybridized carbons (Fsp3) is 0.738. The molecule has 0 aromatic heterocycles. The molecule has 0 heterocycles. The Labute approximate surface area is 439 Å². The smallest absolute Gasteiger partial charge is 0.306 e. The van der Waals surface area contributed by atoms with Crippen molar-refractivity contribution < 1.29 is 28.6 Å². The van der Waals surface area contributed by atoms with Crippen LogP contribution in [0.15, 0.2) is 85.1 Å². The summed E-state index contributed by atoms with van der Waals surface area (Å²) in [5, 5.41) is 0. The van der Waals surface area contributed by atoms with Gasteiger partial charge < -0.3 is 14.2 Å². The number of unbranched alkanes of at least 4 members (excludes halogenated alkanes) is 29. The van der Waals surface area contributed by atoms with Gasteiger partial charge in [0, 0.05) is 19.3 Å². The van der Waals surface area contributed by atoms with Crippen LogP contribution in [0.25, 0.3) is 0 Å². The van der Waals surface area contributed by atoms with Crippen LogP contribution < -0.4 is 0 Å². The van der Waals surface area contributed by atoms with Crippen LogP contribution in [0.5, 0.6) is 0 Å². The lowest BCUT2D eigenvalue weighted by Gasteiger charge is -2.18. The van der Waals surface area contributed by atoms with Crippen molar-refractivity contribution in [3.8, 4) is 0 Å². The lowest BCUT2D eigenvalue weighted by molar-refractivity contribution is -0.166. The van der Waals surface area contributed by atoms with Crippen LogP contribution in [0.3, 0.4) is 0 Å². The standard InChI is InChI=1S/C65H112O6/c1-4-7-10-13-16-19-22-25-27-29-31-32-34-36-38-41-44-47-50-53-56-59-65(68)71-62(60-69-63(66)57-54-51-48-45-42-39-24-21-18-15-12-9-6-3)61-70-64(67)58-55-52-49-46-43-40-37-35-33-30-28-26-23-20-17-14-11-8-5-2/h17,20-21,24-28,33,35,40,43,49,52,62H,4-16,18-19,22-23,29-32,34,36-39,41-42,44-48,50-51,53-61H2,1-3H3/b20-17-,24-21-,27-25-,28-26-,35-33-,43-40-,52-49-/t62-/m0/s1. The molecule has 0 radical (unpaired) electrons. The molecule has 71 heavy (non-hydrogen) atoms. The number of hydrogen-bond acceptors (Lipinski definition) is 6. The van der Waals surface area contributed by atoms with E-state index < -0.39 is 6.10 Å². The summed E-state index contributed by atoms with van der Waals surface area (Å²) in [6, 6.07) is 0. The van der Waals surface area contributed by atoms with E-state index >= 15 is 0 Å². The van der Waals surface area contributed by atoms with E-state index in [1.165, 1.54) is 167 Å². The van der Waals surface area contributed by atoms with E-state index in [1.807, 2.05) is 6.08 Å². The van der Waals surface area contributed by atoms with E-state index in [0.29, 0.717) is 19.3 Å². The first-order chi connectivity index (χ1) is 35.0. The maximum absolute atomic E-state index is 12.9. The van der Waals surface area contributed by atoms with Gasteiger partial charge in [-0.05, 0) is 109 Å². The van der Waals surface area contributed by atoms with E-state index in [9.17, 15) is 14.4 Å². The van der Waals surface area contributed by atoms with Crippen LogP contribution in [0.2, 0.25) is 0 Å². The highest BCUT2D eigenvalue weighted by molar-refractivity contribution is 5.71. The van der Waals surface area contributed by atoms with Crippen molar-refractivity contribution >= 4 is 17.9 Å². The third kappa shape index (κ3) is 57.4. The molecule has 0 spiro atoms. The zero-order valence-electron chi connectivity index (χ0n) is 46.7. The van der Waals surface area contributed by atoms with Gasteiger partial charge in [-0.25, -0.2) is 0 Å². The second-order valence-corrected chi connectivity index (χ2v) is 19.9. The highest BCUT2D eigenvalue weighted by atomic mass is 16.6. The number of esters is 3. The molecule has 0 saturated heterocycles. The van der Waals surface area contributed by atoms with Crippen molar-refractivity contribution in [3.63, 3.8) is 0 Å². The SMILES string of the molecule is CCCCC/C=C\C/C=C\C/C=C\C/C=C\C/C=C\CCC(=O)OC[C@H](COC(=O)CCCCCCC/C=C\CCCCCC)OC(=O)CCCCCCCCCCCCC/C=C\CCCCCCCC. The molecule has 6 nitrogen and oxygen atoms in total. The molecule has 0 bridgehead atoms. The molecular formula is C65H112O6. The fourth-order valence-corrected chi connectivity index (χ4v) is 8.30. The van der Waals surface area contributed by atoms with Gasteiger partial charge in [0.1, 0.15) is 13.2 Å². The van der Waals surface area contributed by atoms with Gasteiger partial charge in [0.2, 0.25) is 0 Å². The fourth-order valence-electron chi connectivity index (χ4n) is 8.30. The topological polar surface area (TPSA) is 78.9 Å². The molecule has 0 unspecified atom stereocenters. The van der Waals surface area contributed by atoms with Crippen molar-refractivity contribution in [2.45, 2.75) is 297 Å². The molecule has 408 valence electrons. The Morgan fingerprint density at radius 2 is 0.535 bits per heavy atom. The Hall–Kier alpha value is -3.41. The lowest BCUT2D eigenvalue weighted by Crippen LogP contribution is -2.30. The third-order valence-corrected chi connectivity index (χ3v) is 12.9. The molecule has 0 aliphatic rings. The summed E-state index contributed by atoms with van der Waals surface area (Å²) in [5.41, 5.74) is 0. The summed E-state index contributed by atoms with van der Waals surface area (Å²) in [5.74, 6) is -0.991. The molecular weight excluding hydrogens is 877 g/mol. The van der Waals surface area contributed by atoms with Crippen molar-refractivity contribution in [2.24, 2.45) is 0 Å². The van der Waals surface area contributed by atoms with E-state index in [-0.39, 0.29) is 37.5 Å². The first-order valence-corrected chi connectivity index (χ1v) is 30.1. The second kappa shape index (κ2) is 59.2. The highest BCUT2D eigenvalue weighted by Gasteiger charge is 2.19. The normalized spacial score (nSPS) is 12.7. The van der Waals surface area contributed by atoms with Crippen molar-refractivity contribution in [2.75, 3.05) is 13.2 Å². The Balaban J connectivity index is 4.45. The van der Waals surface area contributed by atoms with Crippen molar-refractivity contribution in [1.29, 1.82) is 0 Å². The molecule has 0 fully saturated rings. The minimum Gasteiger partial charge on any atom is -0.462 e. The molecule has 0 saturated carbocycles. The Bertz CT molecular complexity index is 1370. The molecule has 0 aliphatic carbocycles. The average Bonchev–Trinajstić information content (AvgIpc) is 3.37. The molecule has 0 aromatic carbocycles. The Morgan fingerprint density at radius 1 is 0.282 bits per heavy atom. The molecule has 6 heteroatoms. The zero-order valence-corrected chi connectivity index (χ0v) is 46.7. The van der Waals surface area contributed by atoms with E-state index in [4.69, 9.17) is 14.2 Å². The summed E-state index contributed by atoms with van der Waals surface area (Å²) >= 11 is 0. The maximum atomic E-state index is 12.9. The van der Waals surface area contributed by atoms with Crippen LogP contribution in [-0.4, -0.2) is 37.2 Å². The number of carbonyl (C=O) groups is 3. The van der Waals surface area contributed by atoms with E-state index in [1.54, 1.807) is 0 Å². The van der Waals surface area contributed by atoms with Crippen molar-refractivity contribution in [3.05, 3.63) is 85.1 Å². The number of carbonyl (C=O) groups excluding carboxylic acids is 3. The molecule has 0 aliphatic heterocycles. The van der Waals surface area contributed by atoms with Crippen LogP contribution >= 0.6 is 0 Å².